The zero-order valence-corrected chi connectivity index (χ0v) is 19.5. The Morgan fingerprint density at radius 3 is 2.72 bits per heavy atom. The summed E-state index contributed by atoms with van der Waals surface area (Å²) in [5, 5.41) is 5.97. The Morgan fingerprint density at radius 1 is 1.19 bits per heavy atom. The smallest absolute Gasteiger partial charge is 0.257 e. The van der Waals surface area contributed by atoms with Crippen LogP contribution in [0.4, 0.5) is 0 Å². The first-order chi connectivity index (χ1) is 15.5. The van der Waals surface area contributed by atoms with E-state index in [4.69, 9.17) is 21.4 Å². The van der Waals surface area contributed by atoms with E-state index < -0.39 is 0 Å². The van der Waals surface area contributed by atoms with Gasteiger partial charge in [0.1, 0.15) is 5.75 Å². The molecule has 2 aromatic carbocycles. The highest BCUT2D eigenvalue weighted by atomic mass is 79.9. The van der Waals surface area contributed by atoms with E-state index in [0.717, 1.165) is 11.1 Å². The number of aromatic nitrogens is 2. The van der Waals surface area contributed by atoms with Crippen molar-refractivity contribution < 1.29 is 13.9 Å². The van der Waals surface area contributed by atoms with Gasteiger partial charge in [-0.2, -0.15) is 4.98 Å². The molecule has 7 nitrogen and oxygen atoms in total. The minimum Gasteiger partial charge on any atom is -0.493 e. The summed E-state index contributed by atoms with van der Waals surface area (Å²) in [5.74, 6) is 0.899. The van der Waals surface area contributed by atoms with Crippen molar-refractivity contribution in [3.8, 4) is 17.2 Å². The quantitative estimate of drug-likeness (QED) is 0.358. The number of carbonyl (C=O) groups excluding carboxylic acids is 1. The summed E-state index contributed by atoms with van der Waals surface area (Å²) in [4.78, 5) is 21.0. The van der Waals surface area contributed by atoms with Gasteiger partial charge in [-0.3, -0.25) is 10.1 Å². The number of nitrogens with zero attached hydrogens (tertiary/aromatic N) is 2. The molecule has 0 aliphatic rings. The Balaban J connectivity index is 1.32. The topological polar surface area (TPSA) is 89.3 Å². The number of thiocarbonyl (C=S) groups is 1. The van der Waals surface area contributed by atoms with Gasteiger partial charge in [0.25, 0.3) is 5.91 Å². The van der Waals surface area contributed by atoms with Crippen molar-refractivity contribution in [2.75, 3.05) is 6.61 Å². The van der Waals surface area contributed by atoms with Crippen LogP contribution in [-0.4, -0.2) is 27.6 Å². The molecule has 0 fully saturated rings. The Labute approximate surface area is 198 Å². The van der Waals surface area contributed by atoms with E-state index in [1.807, 2.05) is 43.3 Å². The average Bonchev–Trinajstić information content (AvgIpc) is 3.24. The molecule has 2 aromatic heterocycles. The lowest BCUT2D eigenvalue weighted by molar-refractivity contribution is 0.0976. The van der Waals surface area contributed by atoms with E-state index in [9.17, 15) is 4.79 Å². The van der Waals surface area contributed by atoms with Crippen LogP contribution in [0, 0.1) is 0 Å². The summed E-state index contributed by atoms with van der Waals surface area (Å²) in [6.45, 7) is 2.91. The van der Waals surface area contributed by atoms with Crippen molar-refractivity contribution in [3.05, 3.63) is 76.4 Å². The van der Waals surface area contributed by atoms with Crippen LogP contribution < -0.4 is 15.4 Å². The van der Waals surface area contributed by atoms with E-state index >= 15 is 0 Å². The van der Waals surface area contributed by atoms with Crippen molar-refractivity contribution in [1.82, 2.24) is 20.6 Å². The highest BCUT2D eigenvalue weighted by Crippen LogP contribution is 2.26. The van der Waals surface area contributed by atoms with Crippen molar-refractivity contribution in [2.24, 2.45) is 0 Å². The third kappa shape index (κ3) is 5.12. The number of oxazole rings is 1. The van der Waals surface area contributed by atoms with E-state index in [0.29, 0.717) is 46.1 Å². The summed E-state index contributed by atoms with van der Waals surface area (Å²) in [7, 11) is 0. The van der Waals surface area contributed by atoms with Crippen molar-refractivity contribution in [2.45, 2.75) is 13.5 Å². The minimum absolute atomic E-state index is 0.245. The summed E-state index contributed by atoms with van der Waals surface area (Å²) in [6, 6.07) is 16.5. The number of hydrogen-bond donors (Lipinski definition) is 2. The largest absolute Gasteiger partial charge is 0.493 e. The third-order valence-corrected chi connectivity index (χ3v) is 5.41. The molecule has 4 rings (SSSR count). The van der Waals surface area contributed by atoms with Crippen molar-refractivity contribution >= 4 is 50.4 Å². The van der Waals surface area contributed by atoms with E-state index in [-0.39, 0.29) is 11.0 Å². The molecule has 0 unspecified atom stereocenters. The fraction of sp³-hybridized carbons (Fsp3) is 0.130. The van der Waals surface area contributed by atoms with Gasteiger partial charge in [-0.25, -0.2) is 4.98 Å². The molecule has 0 atom stereocenters. The third-order valence-electron chi connectivity index (χ3n) is 4.54. The van der Waals surface area contributed by atoms with Gasteiger partial charge in [-0.15, -0.1) is 0 Å². The molecule has 0 aliphatic carbocycles. The molecule has 0 saturated heterocycles. The molecule has 9 heteroatoms. The molecule has 1 amide bonds. The zero-order valence-electron chi connectivity index (χ0n) is 17.1. The van der Waals surface area contributed by atoms with Gasteiger partial charge in [-0.1, -0.05) is 12.1 Å². The number of pyridine rings is 1. The molecular weight excluding hydrogens is 492 g/mol. The lowest BCUT2D eigenvalue weighted by Crippen LogP contribution is -2.38. The number of ether oxygens (including phenoxy) is 1. The van der Waals surface area contributed by atoms with Gasteiger partial charge in [0.2, 0.25) is 5.89 Å². The van der Waals surface area contributed by atoms with Crippen LogP contribution in [0.25, 0.3) is 22.7 Å². The Morgan fingerprint density at radius 2 is 2.00 bits per heavy atom. The van der Waals surface area contributed by atoms with Gasteiger partial charge in [0.05, 0.1) is 11.1 Å². The number of carbonyl (C=O) groups is 1. The second kappa shape index (κ2) is 9.88. The Hall–Kier alpha value is -3.30. The van der Waals surface area contributed by atoms with Crippen molar-refractivity contribution in [3.63, 3.8) is 0 Å². The van der Waals surface area contributed by atoms with Gasteiger partial charge in [0, 0.05) is 23.9 Å². The monoisotopic (exact) mass is 510 g/mol. The standard InChI is InChI=1S/C23H19BrN4O3S/c1-2-30-18-10-9-16(12-17(18)24)21(29)28-23(32)26-13-14-5-7-15(8-6-14)22-27-20-19(31-22)4-3-11-25-20/h3-12H,2,13H2,1H3,(H2,26,28,29,32). The van der Waals surface area contributed by atoms with Crippen LogP contribution >= 0.6 is 28.1 Å². The van der Waals surface area contributed by atoms with Crippen LogP contribution in [0.5, 0.6) is 5.75 Å². The molecule has 162 valence electrons. The number of benzene rings is 2. The maximum atomic E-state index is 12.4. The van der Waals surface area contributed by atoms with Crippen LogP contribution in [-0.2, 0) is 6.54 Å². The van der Waals surface area contributed by atoms with E-state index in [1.165, 1.54) is 0 Å². The first kappa shape index (κ1) is 21.9. The molecule has 4 aromatic rings. The summed E-state index contributed by atoms with van der Waals surface area (Å²) < 4.78 is 11.9. The number of amides is 1. The maximum absolute atomic E-state index is 12.4. The summed E-state index contributed by atoms with van der Waals surface area (Å²) >= 11 is 8.67. The zero-order chi connectivity index (χ0) is 22.5. The Kier molecular flexibility index (Phi) is 6.77. The van der Waals surface area contributed by atoms with Gasteiger partial charge in [-0.05, 0) is 83.1 Å². The fourth-order valence-electron chi connectivity index (χ4n) is 2.97. The molecule has 0 spiro atoms. The predicted molar refractivity (Wildman–Crippen MR) is 129 cm³/mol. The van der Waals surface area contributed by atoms with Gasteiger partial charge >= 0.3 is 0 Å². The van der Waals surface area contributed by atoms with Crippen LogP contribution in [0.1, 0.15) is 22.8 Å². The first-order valence-electron chi connectivity index (χ1n) is 9.86. The number of halogens is 1. The van der Waals surface area contributed by atoms with Crippen LogP contribution in [0.15, 0.2) is 69.7 Å². The first-order valence-corrected chi connectivity index (χ1v) is 11.1. The lowest BCUT2D eigenvalue weighted by atomic mass is 10.1. The predicted octanol–water partition coefficient (Wildman–Crippen LogP) is 4.86. The normalized spacial score (nSPS) is 10.7. The molecular formula is C23H19BrN4O3S. The molecule has 0 aliphatic heterocycles. The highest BCUT2D eigenvalue weighted by Gasteiger charge is 2.11. The number of hydrogen-bond acceptors (Lipinski definition) is 6. The molecule has 2 heterocycles. The minimum atomic E-state index is -0.300. The van der Waals surface area contributed by atoms with Gasteiger partial charge in [0.15, 0.2) is 16.3 Å². The molecule has 32 heavy (non-hydrogen) atoms. The Bertz CT molecular complexity index is 1240. The van der Waals surface area contributed by atoms with Crippen LogP contribution in [0.2, 0.25) is 0 Å². The second-order valence-corrected chi connectivity index (χ2v) is 8.02. The molecule has 2 N–H and O–H groups in total. The lowest BCUT2D eigenvalue weighted by Gasteiger charge is -2.11. The SMILES string of the molecule is CCOc1ccc(C(=O)NC(=S)NCc2ccc(-c3nc4ncccc4o3)cc2)cc1Br. The molecule has 0 radical (unpaired) electrons. The van der Waals surface area contributed by atoms with Crippen LogP contribution in [0.3, 0.4) is 0 Å². The van der Waals surface area contributed by atoms with Crippen molar-refractivity contribution in [1.29, 1.82) is 0 Å². The number of fused-ring (bicyclic) bond motifs is 1. The van der Waals surface area contributed by atoms with E-state index in [2.05, 4.69) is 36.5 Å². The summed E-state index contributed by atoms with van der Waals surface area (Å²) in [5.41, 5.74) is 3.54. The number of nitrogens with one attached hydrogen (secondary N) is 2. The van der Waals surface area contributed by atoms with E-state index in [1.54, 1.807) is 24.4 Å². The molecule has 0 saturated carbocycles. The average molecular weight is 511 g/mol. The van der Waals surface area contributed by atoms with Gasteiger partial charge < -0.3 is 14.5 Å². The number of rotatable bonds is 6. The molecule has 0 bridgehead atoms. The fourth-order valence-corrected chi connectivity index (χ4v) is 3.63. The summed E-state index contributed by atoms with van der Waals surface area (Å²) in [6.07, 6.45) is 1.68. The second-order valence-electron chi connectivity index (χ2n) is 6.76. The maximum Gasteiger partial charge on any atom is 0.257 e. The highest BCUT2D eigenvalue weighted by molar-refractivity contribution is 9.10.